The van der Waals surface area contributed by atoms with E-state index in [1.54, 1.807) is 42.5 Å². The number of likely N-dealkylation sites (tertiary alicyclic amines) is 1. The number of benzene rings is 1. The summed E-state index contributed by atoms with van der Waals surface area (Å²) in [6.45, 7) is -0.780. The number of carbonyl (C=O) groups excluding carboxylic acids is 2. The number of amides is 2. The SMILES string of the molecule is O=C(NC(c1ccccc1)c1ccc(C2CC2)c(F)n1)C1CC(F)CN1C(=O)Cn1ccc(=O)[nH]c1=O. The van der Waals surface area contributed by atoms with Crippen molar-refractivity contribution in [3.05, 3.63) is 98.3 Å². The van der Waals surface area contributed by atoms with E-state index in [4.69, 9.17) is 0 Å². The van der Waals surface area contributed by atoms with Crippen LogP contribution >= 0.6 is 0 Å². The third-order valence-corrected chi connectivity index (χ3v) is 6.71. The summed E-state index contributed by atoms with van der Waals surface area (Å²) in [5.74, 6) is -1.68. The van der Waals surface area contributed by atoms with Crippen LogP contribution in [-0.2, 0) is 16.1 Å². The number of hydrogen-bond acceptors (Lipinski definition) is 5. The van der Waals surface area contributed by atoms with E-state index in [9.17, 15) is 28.0 Å². The summed E-state index contributed by atoms with van der Waals surface area (Å²) in [5.41, 5.74) is 0.0818. The number of aromatic amines is 1. The summed E-state index contributed by atoms with van der Waals surface area (Å²) in [6.07, 6.45) is 1.34. The van der Waals surface area contributed by atoms with Crippen molar-refractivity contribution in [1.29, 1.82) is 0 Å². The maximum absolute atomic E-state index is 14.8. The topological polar surface area (TPSA) is 117 Å². The van der Waals surface area contributed by atoms with Gasteiger partial charge < -0.3 is 10.2 Å². The Hall–Kier alpha value is -4.15. The van der Waals surface area contributed by atoms with Gasteiger partial charge in [-0.05, 0) is 30.4 Å². The highest BCUT2D eigenvalue weighted by Crippen LogP contribution is 2.41. The second kappa shape index (κ2) is 10.1. The number of nitrogens with one attached hydrogen (secondary N) is 2. The minimum Gasteiger partial charge on any atom is -0.342 e. The number of alkyl halides is 1. The van der Waals surface area contributed by atoms with E-state index in [-0.39, 0.29) is 24.6 Å². The molecule has 3 heterocycles. The largest absolute Gasteiger partial charge is 0.342 e. The third-order valence-electron chi connectivity index (χ3n) is 6.71. The van der Waals surface area contributed by atoms with Gasteiger partial charge >= 0.3 is 5.69 Å². The molecule has 1 saturated heterocycles. The fraction of sp³-hybridized carbons (Fsp3) is 0.346. The van der Waals surface area contributed by atoms with Crippen molar-refractivity contribution >= 4 is 11.8 Å². The van der Waals surface area contributed by atoms with Gasteiger partial charge in [0.1, 0.15) is 18.8 Å². The molecule has 2 aromatic heterocycles. The third kappa shape index (κ3) is 5.35. The van der Waals surface area contributed by atoms with E-state index in [1.165, 1.54) is 0 Å². The number of H-pyrrole nitrogens is 1. The van der Waals surface area contributed by atoms with Crippen LogP contribution in [0, 0.1) is 5.95 Å². The Morgan fingerprint density at radius 2 is 1.86 bits per heavy atom. The highest BCUT2D eigenvalue weighted by Gasteiger charge is 2.40. The molecule has 3 aromatic rings. The van der Waals surface area contributed by atoms with Crippen molar-refractivity contribution in [3.63, 3.8) is 0 Å². The summed E-state index contributed by atoms with van der Waals surface area (Å²) in [5, 5.41) is 2.83. The molecule has 11 heteroatoms. The van der Waals surface area contributed by atoms with Gasteiger partial charge in [-0.3, -0.25) is 23.9 Å². The highest BCUT2D eigenvalue weighted by atomic mass is 19.1. The lowest BCUT2D eigenvalue weighted by atomic mass is 10.0. The number of pyridine rings is 1. The van der Waals surface area contributed by atoms with Gasteiger partial charge in [0.2, 0.25) is 17.8 Å². The Balaban J connectivity index is 1.38. The van der Waals surface area contributed by atoms with Gasteiger partial charge in [0.05, 0.1) is 18.3 Å². The molecular weight excluding hydrogens is 484 g/mol. The number of halogens is 2. The summed E-state index contributed by atoms with van der Waals surface area (Å²) in [7, 11) is 0. The van der Waals surface area contributed by atoms with E-state index >= 15 is 0 Å². The highest BCUT2D eigenvalue weighted by molar-refractivity contribution is 5.88. The molecule has 0 radical (unpaired) electrons. The monoisotopic (exact) mass is 509 g/mol. The molecule has 1 aromatic carbocycles. The molecule has 2 fully saturated rings. The normalized spacial score (nSPS) is 20.0. The molecule has 2 N–H and O–H groups in total. The fourth-order valence-corrected chi connectivity index (χ4v) is 4.64. The molecule has 9 nitrogen and oxygen atoms in total. The maximum atomic E-state index is 14.8. The predicted octanol–water partition coefficient (Wildman–Crippen LogP) is 1.79. The van der Waals surface area contributed by atoms with Crippen molar-refractivity contribution in [2.45, 2.75) is 50.0 Å². The first kappa shape index (κ1) is 24.5. The number of rotatable bonds is 7. The molecule has 37 heavy (non-hydrogen) atoms. The smallest absolute Gasteiger partial charge is 0.328 e. The molecule has 1 saturated carbocycles. The zero-order valence-electron chi connectivity index (χ0n) is 19.8. The number of aromatic nitrogens is 3. The van der Waals surface area contributed by atoms with E-state index in [2.05, 4.69) is 10.3 Å². The summed E-state index contributed by atoms with van der Waals surface area (Å²) < 4.78 is 30.2. The van der Waals surface area contributed by atoms with E-state index in [0.717, 1.165) is 34.6 Å². The van der Waals surface area contributed by atoms with Gasteiger partial charge in [-0.2, -0.15) is 4.39 Å². The summed E-state index contributed by atoms with van der Waals surface area (Å²) >= 11 is 0. The molecule has 2 aliphatic rings. The molecule has 5 rings (SSSR count). The average Bonchev–Trinajstić information content (AvgIpc) is 3.64. The molecule has 192 valence electrons. The van der Waals surface area contributed by atoms with Gasteiger partial charge in [-0.25, -0.2) is 14.2 Å². The number of carbonyl (C=O) groups is 2. The second-order valence-electron chi connectivity index (χ2n) is 9.38. The number of nitrogens with zero attached hydrogens (tertiary/aromatic N) is 3. The van der Waals surface area contributed by atoms with Gasteiger partial charge in [-0.1, -0.05) is 36.4 Å². The van der Waals surface area contributed by atoms with Crippen LogP contribution < -0.4 is 16.6 Å². The van der Waals surface area contributed by atoms with Gasteiger partial charge in [-0.15, -0.1) is 0 Å². The zero-order valence-corrected chi connectivity index (χ0v) is 19.8. The van der Waals surface area contributed by atoms with Crippen LogP contribution in [0.5, 0.6) is 0 Å². The van der Waals surface area contributed by atoms with Crippen LogP contribution in [0.4, 0.5) is 8.78 Å². The molecule has 1 aliphatic heterocycles. The quantitative estimate of drug-likeness (QED) is 0.471. The minimum absolute atomic E-state index is 0.167. The Kier molecular flexibility index (Phi) is 6.68. The Morgan fingerprint density at radius 1 is 1.11 bits per heavy atom. The molecule has 2 amide bonds. The van der Waals surface area contributed by atoms with E-state index in [1.807, 2.05) is 4.98 Å². The van der Waals surface area contributed by atoms with Gasteiger partial charge in [0.15, 0.2) is 0 Å². The summed E-state index contributed by atoms with van der Waals surface area (Å²) in [4.78, 5) is 56.9. The van der Waals surface area contributed by atoms with Gasteiger partial charge in [0, 0.05) is 24.2 Å². The lowest BCUT2D eigenvalue weighted by molar-refractivity contribution is -0.139. The van der Waals surface area contributed by atoms with E-state index < -0.39 is 53.8 Å². The van der Waals surface area contributed by atoms with Crippen molar-refractivity contribution in [3.8, 4) is 0 Å². The lowest BCUT2D eigenvalue weighted by Gasteiger charge is -2.27. The van der Waals surface area contributed by atoms with Crippen LogP contribution in [0.15, 0.2) is 64.3 Å². The molecule has 0 spiro atoms. The van der Waals surface area contributed by atoms with Gasteiger partial charge in [0.25, 0.3) is 5.56 Å². The summed E-state index contributed by atoms with van der Waals surface area (Å²) in [6, 6.07) is 11.4. The Bertz CT molecular complexity index is 1440. The van der Waals surface area contributed by atoms with Crippen LogP contribution in [0.25, 0.3) is 0 Å². The molecule has 3 unspecified atom stereocenters. The molecule has 3 atom stereocenters. The van der Waals surface area contributed by atoms with Crippen LogP contribution in [-0.4, -0.2) is 50.0 Å². The molecule has 1 aliphatic carbocycles. The van der Waals surface area contributed by atoms with Crippen LogP contribution in [0.2, 0.25) is 0 Å². The average molecular weight is 510 g/mol. The second-order valence-corrected chi connectivity index (χ2v) is 9.38. The first-order valence-electron chi connectivity index (χ1n) is 12.0. The van der Waals surface area contributed by atoms with Crippen molar-refractivity contribution in [1.82, 2.24) is 24.8 Å². The van der Waals surface area contributed by atoms with Crippen molar-refractivity contribution < 1.29 is 18.4 Å². The number of hydrogen-bond donors (Lipinski definition) is 2. The van der Waals surface area contributed by atoms with Crippen molar-refractivity contribution in [2.75, 3.05) is 6.54 Å². The standard InChI is InChI=1S/C26H25F2N5O4/c27-17-12-20(33(13-17)22(35)14-32-11-10-21(34)30-26(32)37)25(36)31-23(16-4-2-1-3-5-16)19-9-8-18(15-6-7-15)24(28)29-19/h1-5,8-11,15,17,20,23H,6-7,12-14H2,(H,31,36)(H,30,34,37). The van der Waals surface area contributed by atoms with E-state index in [0.29, 0.717) is 11.1 Å². The minimum atomic E-state index is -1.43. The van der Waals surface area contributed by atoms with Crippen LogP contribution in [0.1, 0.15) is 48.0 Å². The van der Waals surface area contributed by atoms with Crippen LogP contribution in [0.3, 0.4) is 0 Å². The molecule has 0 bridgehead atoms. The first-order valence-corrected chi connectivity index (χ1v) is 12.0. The lowest BCUT2D eigenvalue weighted by Crippen LogP contribution is -2.48. The zero-order chi connectivity index (χ0) is 26.1. The fourth-order valence-electron chi connectivity index (χ4n) is 4.64. The van der Waals surface area contributed by atoms with Crippen molar-refractivity contribution in [2.24, 2.45) is 0 Å². The Labute approximate surface area is 210 Å². The first-order chi connectivity index (χ1) is 17.8. The predicted molar refractivity (Wildman–Crippen MR) is 129 cm³/mol. The molecular formula is C26H25F2N5O4. The maximum Gasteiger partial charge on any atom is 0.328 e. The Morgan fingerprint density at radius 3 is 2.54 bits per heavy atom.